The molecule has 2 rings (SSSR count). The van der Waals surface area contributed by atoms with Crippen LogP contribution in [-0.2, 0) is 4.79 Å². The quantitative estimate of drug-likeness (QED) is 0.807. The summed E-state index contributed by atoms with van der Waals surface area (Å²) in [6.07, 6.45) is 0. The normalized spacial score (nSPS) is 11.7. The second kappa shape index (κ2) is 6.74. The third-order valence-electron chi connectivity index (χ3n) is 3.13. The zero-order chi connectivity index (χ0) is 15.2. The molecule has 0 saturated heterocycles. The van der Waals surface area contributed by atoms with E-state index >= 15 is 0 Å². The molecule has 110 valence electrons. The number of rotatable bonds is 4. The number of carbonyl (C=O) groups is 2. The number of urea groups is 1. The van der Waals surface area contributed by atoms with Gasteiger partial charge in [-0.15, -0.1) is 0 Å². The molecular weight excluding hydrogens is 266 g/mol. The van der Waals surface area contributed by atoms with Gasteiger partial charge in [0.1, 0.15) is 6.04 Å². The number of amides is 3. The van der Waals surface area contributed by atoms with Crippen molar-refractivity contribution in [1.29, 1.82) is 0 Å². The highest BCUT2D eigenvalue weighted by Crippen LogP contribution is 2.22. The molecule has 0 aliphatic rings. The van der Waals surface area contributed by atoms with Crippen molar-refractivity contribution < 1.29 is 9.59 Å². The lowest BCUT2D eigenvalue weighted by atomic mass is 10.1. The first-order valence-electron chi connectivity index (χ1n) is 6.94. The first-order valence-corrected chi connectivity index (χ1v) is 6.94. The fourth-order valence-electron chi connectivity index (χ4n) is 2.08. The summed E-state index contributed by atoms with van der Waals surface area (Å²) in [7, 11) is 0. The number of anilines is 1. The predicted molar refractivity (Wildman–Crippen MR) is 84.2 cm³/mol. The van der Waals surface area contributed by atoms with Crippen molar-refractivity contribution in [2.24, 2.45) is 0 Å². The monoisotopic (exact) mass is 285 g/mol. The van der Waals surface area contributed by atoms with E-state index in [1.54, 1.807) is 6.92 Å². The van der Waals surface area contributed by atoms with Crippen LogP contribution in [0, 0.1) is 0 Å². The highest BCUT2D eigenvalue weighted by molar-refractivity contribution is 6.02. The van der Waals surface area contributed by atoms with Gasteiger partial charge in [0.2, 0.25) is 5.91 Å². The fraction of sp³-hybridized carbons (Fsp3) is 0.250. The molecule has 5 heteroatoms. The van der Waals surface area contributed by atoms with Crippen molar-refractivity contribution in [1.82, 2.24) is 10.6 Å². The van der Waals surface area contributed by atoms with Crippen LogP contribution in [0.3, 0.4) is 0 Å². The maximum Gasteiger partial charge on any atom is 0.319 e. The summed E-state index contributed by atoms with van der Waals surface area (Å²) in [4.78, 5) is 23.6. The average Bonchev–Trinajstić information content (AvgIpc) is 2.47. The summed E-state index contributed by atoms with van der Waals surface area (Å²) in [5.41, 5.74) is 0.716. The predicted octanol–water partition coefficient (Wildman–Crippen LogP) is 2.49. The van der Waals surface area contributed by atoms with Crippen LogP contribution in [0.15, 0.2) is 42.5 Å². The van der Waals surface area contributed by atoms with E-state index in [4.69, 9.17) is 0 Å². The van der Waals surface area contributed by atoms with E-state index in [9.17, 15) is 9.59 Å². The molecule has 0 spiro atoms. The van der Waals surface area contributed by atoms with Gasteiger partial charge in [-0.2, -0.15) is 0 Å². The summed E-state index contributed by atoms with van der Waals surface area (Å²) < 4.78 is 0. The van der Waals surface area contributed by atoms with Gasteiger partial charge in [0.15, 0.2) is 0 Å². The fourth-order valence-corrected chi connectivity index (χ4v) is 2.08. The highest BCUT2D eigenvalue weighted by atomic mass is 16.2. The molecule has 0 fully saturated rings. The molecular formula is C16H19N3O2. The summed E-state index contributed by atoms with van der Waals surface area (Å²) >= 11 is 0. The number of benzene rings is 2. The van der Waals surface area contributed by atoms with Gasteiger partial charge < -0.3 is 16.0 Å². The van der Waals surface area contributed by atoms with Crippen LogP contribution in [0.1, 0.15) is 13.8 Å². The third-order valence-corrected chi connectivity index (χ3v) is 3.13. The zero-order valence-corrected chi connectivity index (χ0v) is 12.1. The van der Waals surface area contributed by atoms with Crippen LogP contribution >= 0.6 is 0 Å². The van der Waals surface area contributed by atoms with E-state index in [-0.39, 0.29) is 5.91 Å². The first kappa shape index (κ1) is 14.8. The molecule has 1 unspecified atom stereocenters. The van der Waals surface area contributed by atoms with Crippen molar-refractivity contribution >= 4 is 28.4 Å². The molecule has 0 aromatic heterocycles. The minimum absolute atomic E-state index is 0.203. The Morgan fingerprint density at radius 1 is 1.10 bits per heavy atom. The Morgan fingerprint density at radius 3 is 2.57 bits per heavy atom. The van der Waals surface area contributed by atoms with E-state index in [1.807, 2.05) is 49.4 Å². The smallest absolute Gasteiger partial charge is 0.319 e. The average molecular weight is 285 g/mol. The number of likely N-dealkylation sites (N-methyl/N-ethyl adjacent to an activating group) is 1. The van der Waals surface area contributed by atoms with Gasteiger partial charge in [-0.05, 0) is 25.3 Å². The third kappa shape index (κ3) is 3.72. The SMILES string of the molecule is CCNC(=O)C(C)NC(=O)Nc1cccc2ccccc12. The minimum atomic E-state index is -0.583. The maximum absolute atomic E-state index is 12.0. The van der Waals surface area contributed by atoms with Crippen molar-refractivity contribution in [3.63, 3.8) is 0 Å². The van der Waals surface area contributed by atoms with Crippen molar-refractivity contribution in [2.75, 3.05) is 11.9 Å². The largest absolute Gasteiger partial charge is 0.355 e. The van der Waals surface area contributed by atoms with Crippen LogP contribution < -0.4 is 16.0 Å². The summed E-state index contributed by atoms with van der Waals surface area (Å²) in [6.45, 7) is 4.02. The molecule has 0 saturated carbocycles. The summed E-state index contributed by atoms with van der Waals surface area (Å²) in [6, 6.07) is 12.5. The van der Waals surface area contributed by atoms with Crippen molar-refractivity contribution in [3.8, 4) is 0 Å². The second-order valence-corrected chi connectivity index (χ2v) is 4.74. The van der Waals surface area contributed by atoms with Crippen LogP contribution in [0.2, 0.25) is 0 Å². The van der Waals surface area contributed by atoms with E-state index in [0.717, 1.165) is 10.8 Å². The van der Waals surface area contributed by atoms with Gasteiger partial charge in [-0.25, -0.2) is 4.79 Å². The molecule has 3 amide bonds. The van der Waals surface area contributed by atoms with Gasteiger partial charge in [0.25, 0.3) is 0 Å². The number of fused-ring (bicyclic) bond motifs is 1. The standard InChI is InChI=1S/C16H19N3O2/c1-3-17-15(20)11(2)18-16(21)19-14-10-6-8-12-7-4-5-9-13(12)14/h4-11H,3H2,1-2H3,(H,17,20)(H2,18,19,21). The summed E-state index contributed by atoms with van der Waals surface area (Å²) in [5.74, 6) is -0.203. The number of nitrogens with one attached hydrogen (secondary N) is 3. The Bertz CT molecular complexity index is 650. The minimum Gasteiger partial charge on any atom is -0.355 e. The Balaban J connectivity index is 2.06. The molecule has 5 nitrogen and oxygen atoms in total. The zero-order valence-electron chi connectivity index (χ0n) is 12.1. The Labute approximate surface area is 123 Å². The topological polar surface area (TPSA) is 70.2 Å². The lowest BCUT2D eigenvalue weighted by Crippen LogP contribution is -2.46. The maximum atomic E-state index is 12.0. The van der Waals surface area contributed by atoms with Crippen molar-refractivity contribution in [3.05, 3.63) is 42.5 Å². The van der Waals surface area contributed by atoms with Crippen LogP contribution in [0.4, 0.5) is 10.5 Å². The molecule has 2 aromatic rings. The van der Waals surface area contributed by atoms with E-state index in [1.165, 1.54) is 0 Å². The molecule has 1 atom stereocenters. The molecule has 0 heterocycles. The van der Waals surface area contributed by atoms with Crippen LogP contribution in [-0.4, -0.2) is 24.5 Å². The summed E-state index contributed by atoms with van der Waals surface area (Å²) in [5, 5.41) is 10.1. The Hall–Kier alpha value is -2.56. The van der Waals surface area contributed by atoms with E-state index in [2.05, 4.69) is 16.0 Å². The van der Waals surface area contributed by atoms with Gasteiger partial charge in [-0.3, -0.25) is 4.79 Å². The van der Waals surface area contributed by atoms with Gasteiger partial charge in [-0.1, -0.05) is 36.4 Å². The Kier molecular flexibility index (Phi) is 4.77. The van der Waals surface area contributed by atoms with E-state index in [0.29, 0.717) is 12.2 Å². The lowest BCUT2D eigenvalue weighted by molar-refractivity contribution is -0.122. The number of hydrogen-bond acceptors (Lipinski definition) is 2. The molecule has 0 aliphatic heterocycles. The first-order chi connectivity index (χ1) is 10.1. The van der Waals surface area contributed by atoms with Gasteiger partial charge in [0, 0.05) is 11.9 Å². The van der Waals surface area contributed by atoms with Crippen LogP contribution in [0.25, 0.3) is 10.8 Å². The number of hydrogen-bond donors (Lipinski definition) is 3. The Morgan fingerprint density at radius 2 is 1.81 bits per heavy atom. The molecule has 3 N–H and O–H groups in total. The second-order valence-electron chi connectivity index (χ2n) is 4.74. The highest BCUT2D eigenvalue weighted by Gasteiger charge is 2.14. The lowest BCUT2D eigenvalue weighted by Gasteiger charge is -2.15. The number of carbonyl (C=O) groups excluding carboxylic acids is 2. The van der Waals surface area contributed by atoms with Gasteiger partial charge >= 0.3 is 6.03 Å². The molecule has 0 radical (unpaired) electrons. The molecule has 2 aromatic carbocycles. The van der Waals surface area contributed by atoms with Crippen LogP contribution in [0.5, 0.6) is 0 Å². The molecule has 0 bridgehead atoms. The van der Waals surface area contributed by atoms with E-state index < -0.39 is 12.1 Å². The molecule has 21 heavy (non-hydrogen) atoms. The van der Waals surface area contributed by atoms with Gasteiger partial charge in [0.05, 0.1) is 5.69 Å². The molecule has 0 aliphatic carbocycles. The van der Waals surface area contributed by atoms with Crippen molar-refractivity contribution in [2.45, 2.75) is 19.9 Å².